The van der Waals surface area contributed by atoms with Gasteiger partial charge in [-0.1, -0.05) is 11.6 Å². The Labute approximate surface area is 164 Å². The van der Waals surface area contributed by atoms with Crippen molar-refractivity contribution in [3.8, 4) is 5.75 Å². The summed E-state index contributed by atoms with van der Waals surface area (Å²) in [7, 11) is 1.53. The number of methoxy groups -OCH3 is 1. The Hall–Kier alpha value is -2.38. The molecule has 2 aromatic heterocycles. The van der Waals surface area contributed by atoms with Crippen molar-refractivity contribution in [2.75, 3.05) is 12.4 Å². The van der Waals surface area contributed by atoms with Crippen LogP contribution in [0.2, 0.25) is 5.02 Å². The van der Waals surface area contributed by atoms with Gasteiger partial charge in [0.2, 0.25) is 0 Å². The molecule has 3 heterocycles. The minimum absolute atomic E-state index is 0.0529. The molecule has 0 aliphatic carbocycles. The summed E-state index contributed by atoms with van der Waals surface area (Å²) in [5.41, 5.74) is 1.09. The molecule has 0 spiro atoms. The summed E-state index contributed by atoms with van der Waals surface area (Å²) in [6, 6.07) is 5.01. The van der Waals surface area contributed by atoms with Crippen molar-refractivity contribution in [3.63, 3.8) is 0 Å². The smallest absolute Gasteiger partial charge is 0.266 e. The summed E-state index contributed by atoms with van der Waals surface area (Å²) >= 11 is 7.28. The third-order valence-electron chi connectivity index (χ3n) is 4.78. The van der Waals surface area contributed by atoms with Gasteiger partial charge in [0.25, 0.3) is 11.5 Å². The summed E-state index contributed by atoms with van der Waals surface area (Å²) in [5, 5.41) is 3.86. The molecule has 1 aliphatic heterocycles. The number of halogens is 1. The van der Waals surface area contributed by atoms with E-state index < -0.39 is 0 Å². The number of hydrogen-bond donors (Lipinski definition) is 1. The van der Waals surface area contributed by atoms with Crippen molar-refractivity contribution in [3.05, 3.63) is 49.8 Å². The number of ether oxygens (including phenoxy) is 1. The van der Waals surface area contributed by atoms with Crippen LogP contribution in [-0.2, 0) is 13.0 Å². The zero-order chi connectivity index (χ0) is 19.1. The Balaban J connectivity index is 1.77. The molecule has 8 heteroatoms. The number of nitrogens with one attached hydrogen (secondary N) is 1. The van der Waals surface area contributed by atoms with E-state index in [0.717, 1.165) is 25.1 Å². The van der Waals surface area contributed by atoms with Crippen molar-refractivity contribution in [1.82, 2.24) is 9.55 Å². The lowest BCUT2D eigenvalue weighted by Crippen LogP contribution is -2.28. The predicted molar refractivity (Wildman–Crippen MR) is 108 cm³/mol. The number of carbonyl (C=O) groups excluding carboxylic acids is 1. The molecule has 6 nitrogen and oxygen atoms in total. The van der Waals surface area contributed by atoms with Gasteiger partial charge < -0.3 is 10.1 Å². The molecule has 3 aromatic rings. The van der Waals surface area contributed by atoms with Crippen LogP contribution in [0, 0.1) is 6.92 Å². The molecule has 0 radical (unpaired) electrons. The molecule has 0 saturated carbocycles. The molecule has 0 saturated heterocycles. The van der Waals surface area contributed by atoms with Gasteiger partial charge in [-0.2, -0.15) is 0 Å². The van der Waals surface area contributed by atoms with Crippen molar-refractivity contribution >= 4 is 44.7 Å². The highest BCUT2D eigenvalue weighted by molar-refractivity contribution is 7.20. The second-order valence-corrected chi connectivity index (χ2v) is 7.91. The number of anilines is 1. The summed E-state index contributed by atoms with van der Waals surface area (Å²) in [6.07, 6.45) is 2.80. The number of hydrogen-bond acceptors (Lipinski definition) is 5. The van der Waals surface area contributed by atoms with E-state index in [1.165, 1.54) is 18.4 Å². The number of nitrogens with zero attached hydrogens (tertiary/aromatic N) is 2. The molecule has 1 aliphatic rings. The van der Waals surface area contributed by atoms with Crippen molar-refractivity contribution in [2.45, 2.75) is 32.7 Å². The number of fused-ring (bicyclic) bond motifs is 2. The van der Waals surface area contributed by atoms with Crippen LogP contribution >= 0.6 is 22.9 Å². The van der Waals surface area contributed by atoms with E-state index in [-0.39, 0.29) is 11.5 Å². The zero-order valence-corrected chi connectivity index (χ0v) is 16.5. The Morgan fingerprint density at radius 1 is 1.37 bits per heavy atom. The van der Waals surface area contributed by atoms with Gasteiger partial charge in [0.15, 0.2) is 0 Å². The van der Waals surface area contributed by atoms with E-state index in [1.54, 1.807) is 29.7 Å². The fourth-order valence-electron chi connectivity index (χ4n) is 3.41. The summed E-state index contributed by atoms with van der Waals surface area (Å²) in [6.45, 7) is 2.48. The molecule has 0 bridgehead atoms. The van der Waals surface area contributed by atoms with Crippen molar-refractivity contribution < 1.29 is 9.53 Å². The molecular formula is C19H18ClN3O3S. The number of benzene rings is 1. The van der Waals surface area contributed by atoms with Crippen LogP contribution in [0.25, 0.3) is 10.2 Å². The molecule has 0 unspecified atom stereocenters. The Morgan fingerprint density at radius 2 is 2.19 bits per heavy atom. The van der Waals surface area contributed by atoms with Crippen LogP contribution in [-0.4, -0.2) is 22.6 Å². The molecule has 1 aromatic carbocycles. The number of carbonyl (C=O) groups is 1. The number of amides is 1. The quantitative estimate of drug-likeness (QED) is 0.716. The maximum atomic E-state index is 12.9. The maximum Gasteiger partial charge on any atom is 0.266 e. The van der Waals surface area contributed by atoms with Crippen molar-refractivity contribution in [1.29, 1.82) is 0 Å². The fourth-order valence-corrected chi connectivity index (χ4v) is 4.66. The number of thiophene rings is 1. The SMILES string of the molecule is COc1ccc(Cl)cc1NC(=O)c1sc2nc3n(c(=O)c2c1C)CCCC3. The van der Waals surface area contributed by atoms with E-state index in [2.05, 4.69) is 10.3 Å². The first kappa shape index (κ1) is 18.0. The lowest BCUT2D eigenvalue weighted by Gasteiger charge is -2.16. The van der Waals surface area contributed by atoms with Crippen LogP contribution in [0.5, 0.6) is 5.75 Å². The van der Waals surface area contributed by atoms with E-state index in [4.69, 9.17) is 16.3 Å². The first-order valence-corrected chi connectivity index (χ1v) is 9.86. The third kappa shape index (κ3) is 3.11. The minimum Gasteiger partial charge on any atom is -0.495 e. The standard InChI is InChI=1S/C19H18ClN3O3S/c1-10-15-18(22-14-5-3-4-8-23(14)19(15)25)27-16(10)17(24)21-12-9-11(20)6-7-13(12)26-2/h6-7,9H,3-5,8H2,1-2H3,(H,21,24). The van der Waals surface area contributed by atoms with Crippen LogP contribution in [0.4, 0.5) is 5.69 Å². The Bertz CT molecular complexity index is 1120. The van der Waals surface area contributed by atoms with Gasteiger partial charge in [0.1, 0.15) is 16.4 Å². The number of aryl methyl sites for hydroxylation is 2. The fraction of sp³-hybridized carbons (Fsp3) is 0.316. The highest BCUT2D eigenvalue weighted by Crippen LogP contribution is 2.32. The molecule has 0 atom stereocenters. The second-order valence-electron chi connectivity index (χ2n) is 6.48. The maximum absolute atomic E-state index is 12.9. The highest BCUT2D eigenvalue weighted by Gasteiger charge is 2.23. The minimum atomic E-state index is -0.307. The van der Waals surface area contributed by atoms with Gasteiger partial charge in [-0.25, -0.2) is 4.98 Å². The average Bonchev–Trinajstić information content (AvgIpc) is 2.99. The normalized spacial score (nSPS) is 13.4. The highest BCUT2D eigenvalue weighted by atomic mass is 35.5. The molecule has 27 heavy (non-hydrogen) atoms. The summed E-state index contributed by atoms with van der Waals surface area (Å²) in [5.74, 6) is 1.02. The molecule has 1 N–H and O–H groups in total. The average molecular weight is 404 g/mol. The number of aromatic nitrogens is 2. The van der Waals surface area contributed by atoms with E-state index in [0.29, 0.717) is 43.7 Å². The van der Waals surface area contributed by atoms with E-state index >= 15 is 0 Å². The topological polar surface area (TPSA) is 73.2 Å². The molecule has 140 valence electrons. The molecule has 4 rings (SSSR count). The first-order chi connectivity index (χ1) is 13.0. The summed E-state index contributed by atoms with van der Waals surface area (Å²) < 4.78 is 7.02. The van der Waals surface area contributed by atoms with Crippen LogP contribution in [0.15, 0.2) is 23.0 Å². The summed E-state index contributed by atoms with van der Waals surface area (Å²) in [4.78, 5) is 31.5. The van der Waals surface area contributed by atoms with E-state index in [9.17, 15) is 9.59 Å². The Morgan fingerprint density at radius 3 is 2.96 bits per heavy atom. The van der Waals surface area contributed by atoms with Crippen LogP contribution in [0.3, 0.4) is 0 Å². The van der Waals surface area contributed by atoms with Crippen LogP contribution < -0.4 is 15.6 Å². The first-order valence-electron chi connectivity index (χ1n) is 8.67. The van der Waals surface area contributed by atoms with E-state index in [1.807, 2.05) is 0 Å². The zero-order valence-electron chi connectivity index (χ0n) is 15.0. The predicted octanol–water partition coefficient (Wildman–Crippen LogP) is 4.02. The molecule has 0 fully saturated rings. The monoisotopic (exact) mass is 403 g/mol. The molecular weight excluding hydrogens is 386 g/mol. The van der Waals surface area contributed by atoms with Gasteiger partial charge in [0, 0.05) is 18.0 Å². The molecule has 1 amide bonds. The second kappa shape index (κ2) is 6.98. The lowest BCUT2D eigenvalue weighted by molar-refractivity contribution is 0.102. The van der Waals surface area contributed by atoms with Gasteiger partial charge in [-0.05, 0) is 43.5 Å². The number of rotatable bonds is 3. The van der Waals surface area contributed by atoms with Gasteiger partial charge >= 0.3 is 0 Å². The van der Waals surface area contributed by atoms with Gasteiger partial charge in [0.05, 0.1) is 23.1 Å². The third-order valence-corrected chi connectivity index (χ3v) is 6.20. The Kier molecular flexibility index (Phi) is 4.65. The van der Waals surface area contributed by atoms with Gasteiger partial charge in [-0.3, -0.25) is 14.2 Å². The van der Waals surface area contributed by atoms with Crippen LogP contribution in [0.1, 0.15) is 33.9 Å². The van der Waals surface area contributed by atoms with Crippen molar-refractivity contribution in [2.24, 2.45) is 0 Å². The lowest BCUT2D eigenvalue weighted by atomic mass is 10.1. The van der Waals surface area contributed by atoms with Gasteiger partial charge in [-0.15, -0.1) is 11.3 Å². The largest absolute Gasteiger partial charge is 0.495 e.